The highest BCUT2D eigenvalue weighted by atomic mass is 32.2. The molecule has 1 saturated heterocycles. The first-order valence-electron chi connectivity index (χ1n) is 8.79. The van der Waals surface area contributed by atoms with E-state index in [2.05, 4.69) is 22.4 Å². The second kappa shape index (κ2) is 11.0. The third kappa shape index (κ3) is 6.79. The number of carbonyl (C=O) groups excluding carboxylic acids is 2. The standard InChI is InChI=1S/C16H26N4O2S3/c1-3-8-17-13(21)10-23-15-18-19-16(25-15)24-11-14(22)20-9-6-5-7-12(20)4-2/h12H,3-11H2,1-2H3,(H,17,21)/t12-/m1/s1. The number of nitrogens with zero attached hydrogens (tertiary/aromatic N) is 3. The summed E-state index contributed by atoms with van der Waals surface area (Å²) in [5.74, 6) is 0.971. The lowest BCUT2D eigenvalue weighted by Crippen LogP contribution is -2.44. The highest BCUT2D eigenvalue weighted by Gasteiger charge is 2.25. The summed E-state index contributed by atoms with van der Waals surface area (Å²) in [7, 11) is 0. The van der Waals surface area contributed by atoms with Crippen LogP contribution in [0.25, 0.3) is 0 Å². The van der Waals surface area contributed by atoms with Crippen LogP contribution in [0.15, 0.2) is 8.68 Å². The number of thioether (sulfide) groups is 2. The van der Waals surface area contributed by atoms with Crippen LogP contribution in [0.4, 0.5) is 0 Å². The molecule has 1 aromatic rings. The second-order valence-corrected chi connectivity index (χ2v) is 9.33. The Hall–Kier alpha value is -0.800. The number of piperidine rings is 1. The summed E-state index contributed by atoms with van der Waals surface area (Å²) in [4.78, 5) is 26.1. The molecule has 0 spiro atoms. The molecule has 0 aliphatic carbocycles. The lowest BCUT2D eigenvalue weighted by atomic mass is 10.0. The van der Waals surface area contributed by atoms with Crippen molar-refractivity contribution in [2.45, 2.75) is 60.7 Å². The first-order chi connectivity index (χ1) is 12.1. The van der Waals surface area contributed by atoms with Gasteiger partial charge in [-0.05, 0) is 32.1 Å². The third-order valence-electron chi connectivity index (χ3n) is 4.02. The highest BCUT2D eigenvalue weighted by molar-refractivity contribution is 8.03. The van der Waals surface area contributed by atoms with Gasteiger partial charge in [-0.25, -0.2) is 0 Å². The van der Waals surface area contributed by atoms with E-state index in [1.165, 1.54) is 41.3 Å². The van der Waals surface area contributed by atoms with Gasteiger partial charge in [0, 0.05) is 19.1 Å². The molecule has 0 aromatic carbocycles. The predicted molar refractivity (Wildman–Crippen MR) is 104 cm³/mol. The summed E-state index contributed by atoms with van der Waals surface area (Å²) in [6.07, 6.45) is 5.40. The summed E-state index contributed by atoms with van der Waals surface area (Å²) < 4.78 is 1.56. The van der Waals surface area contributed by atoms with E-state index >= 15 is 0 Å². The summed E-state index contributed by atoms with van der Waals surface area (Å²) in [5.41, 5.74) is 0. The monoisotopic (exact) mass is 402 g/mol. The fourth-order valence-corrected chi connectivity index (χ4v) is 5.45. The normalized spacial score (nSPS) is 17.5. The van der Waals surface area contributed by atoms with Gasteiger partial charge in [0.05, 0.1) is 11.5 Å². The van der Waals surface area contributed by atoms with Crippen LogP contribution in [0.3, 0.4) is 0 Å². The molecule has 9 heteroatoms. The fraction of sp³-hybridized carbons (Fsp3) is 0.750. The van der Waals surface area contributed by atoms with E-state index in [9.17, 15) is 9.59 Å². The van der Waals surface area contributed by atoms with Crippen molar-refractivity contribution in [1.29, 1.82) is 0 Å². The SMILES string of the molecule is CCCNC(=O)CSc1nnc(SCC(=O)N2CCCC[C@H]2CC)s1. The minimum Gasteiger partial charge on any atom is -0.355 e. The molecule has 25 heavy (non-hydrogen) atoms. The van der Waals surface area contributed by atoms with Gasteiger partial charge in [-0.1, -0.05) is 48.7 Å². The zero-order valence-electron chi connectivity index (χ0n) is 14.8. The molecular formula is C16H26N4O2S3. The van der Waals surface area contributed by atoms with Gasteiger partial charge < -0.3 is 10.2 Å². The van der Waals surface area contributed by atoms with Crippen LogP contribution in [-0.4, -0.2) is 57.5 Å². The lowest BCUT2D eigenvalue weighted by Gasteiger charge is -2.35. The topological polar surface area (TPSA) is 75.2 Å². The van der Waals surface area contributed by atoms with E-state index in [1.807, 2.05) is 11.8 Å². The molecule has 1 fully saturated rings. The number of aromatic nitrogens is 2. The molecular weight excluding hydrogens is 376 g/mol. The smallest absolute Gasteiger partial charge is 0.233 e. The first kappa shape index (κ1) is 20.5. The number of rotatable bonds is 9. The summed E-state index contributed by atoms with van der Waals surface area (Å²) >= 11 is 4.28. The van der Waals surface area contributed by atoms with Crippen LogP contribution in [0.2, 0.25) is 0 Å². The van der Waals surface area contributed by atoms with Gasteiger partial charge in [-0.2, -0.15) is 0 Å². The minimum absolute atomic E-state index is 0.0159. The molecule has 1 N–H and O–H groups in total. The minimum atomic E-state index is 0.0159. The predicted octanol–water partition coefficient (Wildman–Crippen LogP) is 3.04. The molecule has 1 atom stereocenters. The van der Waals surface area contributed by atoms with Crippen molar-refractivity contribution in [2.24, 2.45) is 0 Å². The molecule has 0 unspecified atom stereocenters. The number of amides is 2. The van der Waals surface area contributed by atoms with Gasteiger partial charge in [0.15, 0.2) is 8.68 Å². The van der Waals surface area contributed by atoms with Crippen molar-refractivity contribution in [3.05, 3.63) is 0 Å². The van der Waals surface area contributed by atoms with Crippen LogP contribution in [0.5, 0.6) is 0 Å². The largest absolute Gasteiger partial charge is 0.355 e. The van der Waals surface area contributed by atoms with Crippen molar-refractivity contribution in [1.82, 2.24) is 20.4 Å². The zero-order valence-corrected chi connectivity index (χ0v) is 17.3. The molecule has 0 saturated carbocycles. The molecule has 0 radical (unpaired) electrons. The van der Waals surface area contributed by atoms with Gasteiger partial charge in [0.25, 0.3) is 0 Å². The number of hydrogen-bond acceptors (Lipinski definition) is 7. The number of hydrogen-bond donors (Lipinski definition) is 1. The Morgan fingerprint density at radius 1 is 1.20 bits per heavy atom. The quantitative estimate of drug-likeness (QED) is 0.640. The molecule has 1 aliphatic heterocycles. The van der Waals surface area contributed by atoms with Crippen LogP contribution in [-0.2, 0) is 9.59 Å². The van der Waals surface area contributed by atoms with Crippen molar-refractivity contribution in [2.75, 3.05) is 24.6 Å². The average Bonchev–Trinajstić information content (AvgIpc) is 3.10. The van der Waals surface area contributed by atoms with Gasteiger partial charge in [-0.3, -0.25) is 9.59 Å². The van der Waals surface area contributed by atoms with Crippen LogP contribution >= 0.6 is 34.9 Å². The Kier molecular flexibility index (Phi) is 9.05. The molecule has 0 bridgehead atoms. The molecule has 1 aromatic heterocycles. The Labute approximate surface area is 161 Å². The third-order valence-corrected chi connectivity index (χ3v) is 7.20. The molecule has 2 rings (SSSR count). The molecule has 1 aliphatic rings. The van der Waals surface area contributed by atoms with Crippen LogP contribution in [0.1, 0.15) is 46.0 Å². The molecule has 2 heterocycles. The maximum absolute atomic E-state index is 12.5. The van der Waals surface area contributed by atoms with E-state index in [-0.39, 0.29) is 11.8 Å². The molecule has 6 nitrogen and oxygen atoms in total. The van der Waals surface area contributed by atoms with Crippen LogP contribution in [0, 0.1) is 0 Å². The van der Waals surface area contributed by atoms with Gasteiger partial charge in [-0.15, -0.1) is 10.2 Å². The summed E-state index contributed by atoms with van der Waals surface area (Å²) in [6.45, 7) is 5.75. The Morgan fingerprint density at radius 3 is 2.60 bits per heavy atom. The van der Waals surface area contributed by atoms with Gasteiger partial charge in [0.1, 0.15) is 0 Å². The fourth-order valence-electron chi connectivity index (χ4n) is 2.72. The number of nitrogens with one attached hydrogen (secondary N) is 1. The number of likely N-dealkylation sites (tertiary alicyclic amines) is 1. The summed E-state index contributed by atoms with van der Waals surface area (Å²) in [5, 5.41) is 11.1. The maximum atomic E-state index is 12.5. The first-order valence-corrected chi connectivity index (χ1v) is 11.6. The van der Waals surface area contributed by atoms with Crippen molar-refractivity contribution < 1.29 is 9.59 Å². The van der Waals surface area contributed by atoms with Gasteiger partial charge in [0.2, 0.25) is 11.8 Å². The van der Waals surface area contributed by atoms with Crippen LogP contribution < -0.4 is 5.32 Å². The van der Waals surface area contributed by atoms with E-state index in [1.54, 1.807) is 0 Å². The Balaban J connectivity index is 1.75. The Bertz CT molecular complexity index is 567. The number of carbonyl (C=O) groups is 2. The van der Waals surface area contributed by atoms with E-state index in [0.717, 1.165) is 40.9 Å². The Morgan fingerprint density at radius 2 is 1.92 bits per heavy atom. The van der Waals surface area contributed by atoms with Crippen molar-refractivity contribution in [3.8, 4) is 0 Å². The van der Waals surface area contributed by atoms with Crippen molar-refractivity contribution >= 4 is 46.7 Å². The highest BCUT2D eigenvalue weighted by Crippen LogP contribution is 2.29. The van der Waals surface area contributed by atoms with E-state index in [0.29, 0.717) is 24.1 Å². The average molecular weight is 403 g/mol. The van der Waals surface area contributed by atoms with Crippen molar-refractivity contribution in [3.63, 3.8) is 0 Å². The second-order valence-electron chi connectivity index (χ2n) is 5.91. The lowest BCUT2D eigenvalue weighted by molar-refractivity contribution is -0.132. The van der Waals surface area contributed by atoms with E-state index in [4.69, 9.17) is 0 Å². The zero-order chi connectivity index (χ0) is 18.1. The maximum Gasteiger partial charge on any atom is 0.233 e. The molecule has 140 valence electrons. The molecule has 2 amide bonds. The van der Waals surface area contributed by atoms with E-state index < -0.39 is 0 Å². The van der Waals surface area contributed by atoms with Gasteiger partial charge >= 0.3 is 0 Å². The summed E-state index contributed by atoms with van der Waals surface area (Å²) in [6, 6.07) is 0.393.